The molecule has 2 aromatic carbocycles. The third-order valence-electron chi connectivity index (χ3n) is 4.42. The minimum Gasteiger partial charge on any atom is -0.358 e. The van der Waals surface area contributed by atoms with Crippen molar-refractivity contribution in [3.63, 3.8) is 0 Å². The standard InChI is InChI=1S/C19H13FN2O3/c20-13-5-7-16-15(10-13)18-17(21-16)6-4-12(19(18)23)8-11-2-1-3-14(9-11)22(24)25/h1-3,5,7-10,21H,4,6H2/b12-8-. The van der Waals surface area contributed by atoms with E-state index in [0.717, 1.165) is 11.2 Å². The van der Waals surface area contributed by atoms with Crippen LogP contribution in [0.25, 0.3) is 17.0 Å². The van der Waals surface area contributed by atoms with Gasteiger partial charge in [0, 0.05) is 34.3 Å². The number of benzene rings is 2. The first-order valence-electron chi connectivity index (χ1n) is 7.83. The molecule has 0 unspecified atom stereocenters. The van der Waals surface area contributed by atoms with Gasteiger partial charge in [-0.05, 0) is 42.7 Å². The van der Waals surface area contributed by atoms with Crippen molar-refractivity contribution in [2.24, 2.45) is 0 Å². The van der Waals surface area contributed by atoms with Crippen LogP contribution in [0.15, 0.2) is 48.0 Å². The Hall–Kier alpha value is -3.28. The summed E-state index contributed by atoms with van der Waals surface area (Å²) in [5.41, 5.74) is 3.19. The van der Waals surface area contributed by atoms with Gasteiger partial charge in [0.05, 0.1) is 10.5 Å². The molecular weight excluding hydrogens is 323 g/mol. The number of Topliss-reactive ketones (excluding diaryl/α,β-unsaturated/α-hetero) is 1. The second-order valence-electron chi connectivity index (χ2n) is 6.02. The lowest BCUT2D eigenvalue weighted by Gasteiger charge is -2.14. The zero-order chi connectivity index (χ0) is 17.6. The summed E-state index contributed by atoms with van der Waals surface area (Å²) in [6.07, 6.45) is 2.85. The van der Waals surface area contributed by atoms with Crippen LogP contribution in [-0.2, 0) is 6.42 Å². The fraction of sp³-hybridized carbons (Fsp3) is 0.105. The maximum atomic E-state index is 13.6. The number of rotatable bonds is 2. The first kappa shape index (κ1) is 15.3. The largest absolute Gasteiger partial charge is 0.358 e. The van der Waals surface area contributed by atoms with Crippen LogP contribution in [0.3, 0.4) is 0 Å². The number of aromatic nitrogens is 1. The normalized spacial score (nSPS) is 15.6. The third kappa shape index (κ3) is 2.61. The second kappa shape index (κ2) is 5.66. The van der Waals surface area contributed by atoms with Crippen molar-refractivity contribution >= 4 is 28.4 Å². The molecule has 1 aliphatic carbocycles. The van der Waals surface area contributed by atoms with Crippen molar-refractivity contribution < 1.29 is 14.1 Å². The van der Waals surface area contributed by atoms with E-state index in [9.17, 15) is 19.3 Å². The number of aryl methyl sites for hydroxylation is 1. The summed E-state index contributed by atoms with van der Waals surface area (Å²) in [5, 5.41) is 11.5. The molecule has 0 atom stereocenters. The summed E-state index contributed by atoms with van der Waals surface area (Å²) >= 11 is 0. The first-order valence-corrected chi connectivity index (χ1v) is 7.83. The van der Waals surface area contributed by atoms with Gasteiger partial charge in [0.15, 0.2) is 5.78 Å². The number of halogens is 1. The van der Waals surface area contributed by atoms with Gasteiger partial charge in [-0.3, -0.25) is 14.9 Å². The number of fused-ring (bicyclic) bond motifs is 3. The Balaban J connectivity index is 1.79. The molecule has 1 heterocycles. The van der Waals surface area contributed by atoms with E-state index in [2.05, 4.69) is 4.98 Å². The molecule has 5 nitrogen and oxygen atoms in total. The average molecular weight is 336 g/mol. The molecule has 0 bridgehead atoms. The molecule has 0 saturated heterocycles. The number of allylic oxidation sites excluding steroid dienone is 1. The molecule has 1 N–H and O–H groups in total. The lowest BCUT2D eigenvalue weighted by atomic mass is 9.88. The number of hydrogen-bond donors (Lipinski definition) is 1. The number of nitro benzene ring substituents is 1. The molecule has 0 radical (unpaired) electrons. The van der Waals surface area contributed by atoms with Gasteiger partial charge in [0.25, 0.3) is 5.69 Å². The van der Waals surface area contributed by atoms with Crippen LogP contribution in [-0.4, -0.2) is 15.7 Å². The molecule has 1 aliphatic rings. The Morgan fingerprint density at radius 1 is 1.16 bits per heavy atom. The summed E-state index contributed by atoms with van der Waals surface area (Å²) in [6.45, 7) is 0. The summed E-state index contributed by atoms with van der Waals surface area (Å²) < 4.78 is 13.6. The van der Waals surface area contributed by atoms with E-state index >= 15 is 0 Å². The number of hydrogen-bond acceptors (Lipinski definition) is 3. The van der Waals surface area contributed by atoms with Crippen molar-refractivity contribution in [2.75, 3.05) is 0 Å². The summed E-state index contributed by atoms with van der Waals surface area (Å²) in [7, 11) is 0. The predicted octanol–water partition coefficient (Wildman–Crippen LogP) is 4.43. The summed E-state index contributed by atoms with van der Waals surface area (Å²) in [5.74, 6) is -0.554. The van der Waals surface area contributed by atoms with Gasteiger partial charge in [0.2, 0.25) is 0 Å². The molecule has 4 rings (SSSR count). The quantitative estimate of drug-likeness (QED) is 0.427. The van der Waals surface area contributed by atoms with Crippen LogP contribution in [0, 0.1) is 15.9 Å². The predicted molar refractivity (Wildman–Crippen MR) is 92.0 cm³/mol. The van der Waals surface area contributed by atoms with Gasteiger partial charge >= 0.3 is 0 Å². The number of nitro groups is 1. The van der Waals surface area contributed by atoms with E-state index < -0.39 is 10.7 Å². The van der Waals surface area contributed by atoms with Crippen molar-refractivity contribution in [1.82, 2.24) is 4.98 Å². The monoisotopic (exact) mass is 336 g/mol. The number of ketones is 1. The van der Waals surface area contributed by atoms with E-state index in [4.69, 9.17) is 0 Å². The lowest BCUT2D eigenvalue weighted by Crippen LogP contribution is -2.13. The Morgan fingerprint density at radius 3 is 2.80 bits per heavy atom. The van der Waals surface area contributed by atoms with Gasteiger partial charge in [-0.25, -0.2) is 4.39 Å². The number of carbonyl (C=O) groups is 1. The van der Waals surface area contributed by atoms with Crippen molar-refractivity contribution in [1.29, 1.82) is 0 Å². The minimum absolute atomic E-state index is 0.0209. The van der Waals surface area contributed by atoms with Crippen molar-refractivity contribution in [3.8, 4) is 0 Å². The first-order chi connectivity index (χ1) is 12.0. The Morgan fingerprint density at radius 2 is 2.00 bits per heavy atom. The minimum atomic E-state index is -0.467. The number of nitrogens with one attached hydrogen (secondary N) is 1. The molecule has 6 heteroatoms. The molecule has 0 aliphatic heterocycles. The van der Waals surface area contributed by atoms with Crippen LogP contribution >= 0.6 is 0 Å². The van der Waals surface area contributed by atoms with Gasteiger partial charge in [-0.15, -0.1) is 0 Å². The van der Waals surface area contributed by atoms with E-state index in [0.29, 0.717) is 34.9 Å². The van der Waals surface area contributed by atoms with E-state index in [1.54, 1.807) is 24.3 Å². The number of carbonyl (C=O) groups excluding carboxylic acids is 1. The third-order valence-corrected chi connectivity index (χ3v) is 4.42. The van der Waals surface area contributed by atoms with Gasteiger partial charge in [-0.2, -0.15) is 0 Å². The smallest absolute Gasteiger partial charge is 0.270 e. The Kier molecular flexibility index (Phi) is 3.46. The van der Waals surface area contributed by atoms with Crippen molar-refractivity contribution in [3.05, 3.63) is 80.8 Å². The van der Waals surface area contributed by atoms with E-state index in [1.807, 2.05) is 0 Å². The summed E-state index contributed by atoms with van der Waals surface area (Å²) in [4.78, 5) is 26.5. The number of non-ortho nitro benzene ring substituents is 1. The Labute approximate surface area is 141 Å². The molecule has 1 aromatic heterocycles. The van der Waals surface area contributed by atoms with Crippen LogP contribution in [0.4, 0.5) is 10.1 Å². The van der Waals surface area contributed by atoms with E-state index in [-0.39, 0.29) is 11.5 Å². The van der Waals surface area contributed by atoms with E-state index in [1.165, 1.54) is 24.3 Å². The van der Waals surface area contributed by atoms with Crippen LogP contribution in [0.1, 0.15) is 28.0 Å². The number of aromatic amines is 1. The highest BCUT2D eigenvalue weighted by molar-refractivity contribution is 6.19. The molecular formula is C19H13FN2O3. The maximum Gasteiger partial charge on any atom is 0.270 e. The fourth-order valence-corrected chi connectivity index (χ4v) is 3.27. The zero-order valence-corrected chi connectivity index (χ0v) is 13.1. The molecule has 3 aromatic rings. The highest BCUT2D eigenvalue weighted by atomic mass is 19.1. The van der Waals surface area contributed by atoms with Gasteiger partial charge < -0.3 is 4.98 Å². The highest BCUT2D eigenvalue weighted by Gasteiger charge is 2.26. The molecule has 124 valence electrons. The highest BCUT2D eigenvalue weighted by Crippen LogP contribution is 2.33. The number of nitrogens with zero attached hydrogens (tertiary/aromatic N) is 1. The topological polar surface area (TPSA) is 76.0 Å². The number of H-pyrrole nitrogens is 1. The average Bonchev–Trinajstić information content (AvgIpc) is 2.96. The zero-order valence-electron chi connectivity index (χ0n) is 13.1. The molecule has 0 amide bonds. The SMILES string of the molecule is O=C1/C(=C\c2cccc([N+](=O)[O-])c2)CCc2[nH]c3ccc(F)cc3c21. The fourth-order valence-electron chi connectivity index (χ4n) is 3.27. The molecule has 0 spiro atoms. The molecule has 0 fully saturated rings. The maximum absolute atomic E-state index is 13.6. The lowest BCUT2D eigenvalue weighted by molar-refractivity contribution is -0.384. The Bertz CT molecular complexity index is 1070. The van der Waals surface area contributed by atoms with Gasteiger partial charge in [-0.1, -0.05) is 12.1 Å². The molecule has 25 heavy (non-hydrogen) atoms. The van der Waals surface area contributed by atoms with Crippen LogP contribution < -0.4 is 0 Å². The van der Waals surface area contributed by atoms with Crippen LogP contribution in [0.5, 0.6) is 0 Å². The van der Waals surface area contributed by atoms with Crippen LogP contribution in [0.2, 0.25) is 0 Å². The van der Waals surface area contributed by atoms with Crippen molar-refractivity contribution in [2.45, 2.75) is 12.8 Å². The molecule has 0 saturated carbocycles. The van der Waals surface area contributed by atoms with Gasteiger partial charge in [0.1, 0.15) is 5.82 Å². The second-order valence-corrected chi connectivity index (χ2v) is 6.02. The summed E-state index contributed by atoms with van der Waals surface area (Å²) in [6, 6.07) is 10.5.